The molecule has 1 heterocycles. The van der Waals surface area contributed by atoms with Crippen molar-refractivity contribution in [1.29, 1.82) is 0 Å². The number of thiazole rings is 1. The van der Waals surface area contributed by atoms with Crippen molar-refractivity contribution in [2.45, 2.75) is 44.7 Å². The summed E-state index contributed by atoms with van der Waals surface area (Å²) in [6.45, 7) is 1.93. The quantitative estimate of drug-likeness (QED) is 0.686. The molecule has 0 amide bonds. The van der Waals surface area contributed by atoms with Gasteiger partial charge in [0.25, 0.3) is 0 Å². The molecule has 2 bridgehead atoms. The second kappa shape index (κ2) is 6.55. The minimum absolute atomic E-state index is 0.0345. The maximum absolute atomic E-state index is 12.8. The average Bonchev–Trinajstić information content (AvgIpc) is 3.26. The fourth-order valence-electron chi connectivity index (χ4n) is 4.15. The molecule has 1 aromatic heterocycles. The van der Waals surface area contributed by atoms with E-state index in [-0.39, 0.29) is 23.4 Å². The van der Waals surface area contributed by atoms with Crippen LogP contribution < -0.4 is 0 Å². The van der Waals surface area contributed by atoms with Crippen LogP contribution in [-0.4, -0.2) is 16.6 Å². The topological polar surface area (TPSA) is 47.0 Å². The molecule has 2 aliphatic carbocycles. The number of alkyl halides is 3. The van der Waals surface area contributed by atoms with Crippen LogP contribution in [0.4, 0.5) is 13.2 Å². The number of benzene rings is 1. The largest absolute Gasteiger partial charge is 0.416 e. The van der Waals surface area contributed by atoms with Gasteiger partial charge in [0.1, 0.15) is 10.9 Å². The number of aryl methyl sites for hydroxylation is 1. The van der Waals surface area contributed by atoms with Crippen molar-refractivity contribution in [3.05, 3.63) is 40.4 Å². The summed E-state index contributed by atoms with van der Waals surface area (Å²) in [6.07, 6.45) is -1.57. The van der Waals surface area contributed by atoms with Crippen LogP contribution in [0.3, 0.4) is 0 Å². The lowest BCUT2D eigenvalue weighted by Gasteiger charge is -2.24. The highest BCUT2D eigenvalue weighted by molar-refractivity contribution is 7.15. The first-order valence-corrected chi connectivity index (χ1v) is 9.86. The molecule has 27 heavy (non-hydrogen) atoms. The smallest absolute Gasteiger partial charge is 0.298 e. The average molecular weight is 393 g/mol. The van der Waals surface area contributed by atoms with Gasteiger partial charge in [0.05, 0.1) is 11.3 Å². The number of hydrogen-bond acceptors (Lipinski definition) is 4. The predicted molar refractivity (Wildman–Crippen MR) is 95.5 cm³/mol. The van der Waals surface area contributed by atoms with E-state index in [0.717, 1.165) is 29.9 Å². The third-order valence-corrected chi connectivity index (χ3v) is 6.85. The minimum atomic E-state index is -4.39. The first-order chi connectivity index (χ1) is 12.8. The number of carbonyl (C=O) groups is 2. The molecule has 142 valence electrons. The van der Waals surface area contributed by atoms with Crippen LogP contribution in [0, 0.1) is 11.8 Å². The molecular formula is C20H18F3NO2S. The van der Waals surface area contributed by atoms with Gasteiger partial charge in [0.2, 0.25) is 0 Å². The number of hydrogen-bond donors (Lipinski definition) is 0. The Hall–Kier alpha value is -2.02. The van der Waals surface area contributed by atoms with Crippen molar-refractivity contribution in [2.75, 3.05) is 0 Å². The Bertz CT molecular complexity index is 879. The molecule has 0 spiro atoms. The zero-order chi connectivity index (χ0) is 19.3. The highest BCUT2D eigenvalue weighted by Crippen LogP contribution is 2.45. The molecule has 4 rings (SSSR count). The minimum Gasteiger partial charge on any atom is -0.298 e. The molecule has 0 unspecified atom stereocenters. The Morgan fingerprint density at radius 3 is 2.19 bits per heavy atom. The van der Waals surface area contributed by atoms with Crippen molar-refractivity contribution < 1.29 is 22.8 Å². The Morgan fingerprint density at radius 2 is 1.67 bits per heavy atom. The normalized spacial score (nSPS) is 25.3. The Labute approximate surface area is 158 Å². The molecule has 2 fully saturated rings. The highest BCUT2D eigenvalue weighted by atomic mass is 32.1. The summed E-state index contributed by atoms with van der Waals surface area (Å²) in [5, 5.41) is 0.550. The van der Waals surface area contributed by atoms with Crippen molar-refractivity contribution >= 4 is 22.9 Å². The number of rotatable bonds is 3. The second-order valence-corrected chi connectivity index (χ2v) is 8.28. The summed E-state index contributed by atoms with van der Waals surface area (Å²) in [6, 6.07) is 4.83. The summed E-state index contributed by atoms with van der Waals surface area (Å²) in [4.78, 5) is 31.0. The lowest BCUT2D eigenvalue weighted by atomic mass is 9.77. The molecule has 2 atom stereocenters. The van der Waals surface area contributed by atoms with Gasteiger partial charge in [-0.25, -0.2) is 4.98 Å². The van der Waals surface area contributed by atoms with E-state index in [1.54, 1.807) is 0 Å². The standard InChI is InChI=1S/C20H18F3NO2S/c1-2-14-16(15-17(25)11-3-4-12(9-11)18(15)26)24-19(27-14)10-5-7-13(8-6-10)20(21,22)23/h5-8,11-12,15H,2-4,9H2,1H3/t11-,12-/m0/s1. The zero-order valence-corrected chi connectivity index (χ0v) is 15.5. The van der Waals surface area contributed by atoms with E-state index in [1.165, 1.54) is 23.5 Å². The van der Waals surface area contributed by atoms with E-state index >= 15 is 0 Å². The Morgan fingerprint density at radius 1 is 1.07 bits per heavy atom. The molecular weight excluding hydrogens is 375 g/mol. The van der Waals surface area contributed by atoms with Gasteiger partial charge in [-0.1, -0.05) is 19.1 Å². The lowest BCUT2D eigenvalue weighted by molar-refractivity contribution is -0.138. The summed E-state index contributed by atoms with van der Waals surface area (Å²) in [5.74, 6) is -0.983. The predicted octanol–water partition coefficient (Wildman–Crippen LogP) is 5.04. The highest BCUT2D eigenvalue weighted by Gasteiger charge is 2.48. The van der Waals surface area contributed by atoms with Gasteiger partial charge in [-0.05, 0) is 37.8 Å². The second-order valence-electron chi connectivity index (χ2n) is 7.20. The summed E-state index contributed by atoms with van der Waals surface area (Å²) >= 11 is 1.35. The number of carbonyl (C=O) groups excluding carboxylic acids is 2. The molecule has 1 aromatic carbocycles. The van der Waals surface area contributed by atoms with Gasteiger partial charge in [0, 0.05) is 22.3 Å². The fourth-order valence-corrected chi connectivity index (χ4v) is 5.19. The van der Waals surface area contributed by atoms with Crippen molar-refractivity contribution in [3.8, 4) is 10.6 Å². The van der Waals surface area contributed by atoms with Gasteiger partial charge in [-0.3, -0.25) is 9.59 Å². The Balaban J connectivity index is 1.71. The van der Waals surface area contributed by atoms with Crippen molar-refractivity contribution in [2.24, 2.45) is 11.8 Å². The van der Waals surface area contributed by atoms with E-state index in [9.17, 15) is 22.8 Å². The number of ketones is 2. The van der Waals surface area contributed by atoms with Crippen LogP contribution in [-0.2, 0) is 22.2 Å². The first-order valence-electron chi connectivity index (χ1n) is 9.04. The monoisotopic (exact) mass is 393 g/mol. The lowest BCUT2D eigenvalue weighted by Crippen LogP contribution is -2.35. The molecule has 0 aliphatic heterocycles. The molecule has 2 aromatic rings. The molecule has 0 N–H and O–H groups in total. The molecule has 0 radical (unpaired) electrons. The molecule has 3 nitrogen and oxygen atoms in total. The van der Waals surface area contributed by atoms with Gasteiger partial charge in [-0.15, -0.1) is 11.3 Å². The summed E-state index contributed by atoms with van der Waals surface area (Å²) < 4.78 is 38.3. The van der Waals surface area contributed by atoms with Crippen molar-refractivity contribution in [1.82, 2.24) is 4.98 Å². The van der Waals surface area contributed by atoms with Gasteiger partial charge >= 0.3 is 6.18 Å². The van der Waals surface area contributed by atoms with E-state index in [2.05, 4.69) is 4.98 Å². The number of halogens is 3. The van der Waals surface area contributed by atoms with Crippen LogP contribution in [0.5, 0.6) is 0 Å². The molecule has 2 saturated carbocycles. The maximum Gasteiger partial charge on any atom is 0.416 e. The maximum atomic E-state index is 12.8. The van der Waals surface area contributed by atoms with Crippen LogP contribution in [0.25, 0.3) is 10.6 Å². The van der Waals surface area contributed by atoms with Crippen LogP contribution in [0.15, 0.2) is 24.3 Å². The number of aromatic nitrogens is 1. The summed E-state index contributed by atoms with van der Waals surface area (Å²) in [5.41, 5.74) is 0.365. The van der Waals surface area contributed by atoms with Crippen molar-refractivity contribution in [3.63, 3.8) is 0 Å². The molecule has 0 saturated heterocycles. The van der Waals surface area contributed by atoms with E-state index < -0.39 is 17.7 Å². The van der Waals surface area contributed by atoms with E-state index in [0.29, 0.717) is 29.1 Å². The third kappa shape index (κ3) is 3.12. The van der Waals surface area contributed by atoms with Gasteiger partial charge in [-0.2, -0.15) is 13.2 Å². The number of fused-ring (bicyclic) bond motifs is 2. The summed E-state index contributed by atoms with van der Waals surface area (Å²) in [7, 11) is 0. The SMILES string of the molecule is CCc1sc(-c2ccc(C(F)(F)F)cc2)nc1C1C(=O)[C@H]2CC[C@@H](C2)C1=O. The van der Waals surface area contributed by atoms with Crippen LogP contribution in [0.1, 0.15) is 48.2 Å². The molecule has 2 aliphatic rings. The third-order valence-electron chi connectivity index (χ3n) is 5.59. The van der Waals surface area contributed by atoms with E-state index in [1.807, 2.05) is 6.92 Å². The van der Waals surface area contributed by atoms with Crippen LogP contribution in [0.2, 0.25) is 0 Å². The van der Waals surface area contributed by atoms with Gasteiger partial charge < -0.3 is 0 Å². The Kier molecular flexibility index (Phi) is 4.45. The number of Topliss-reactive ketones (excluding diaryl/α,β-unsaturated/α-hetero) is 2. The molecule has 7 heteroatoms. The zero-order valence-electron chi connectivity index (χ0n) is 14.7. The first kappa shape index (κ1) is 18.3. The fraction of sp³-hybridized carbons (Fsp3) is 0.450. The van der Waals surface area contributed by atoms with Crippen LogP contribution >= 0.6 is 11.3 Å². The van der Waals surface area contributed by atoms with Gasteiger partial charge in [0.15, 0.2) is 11.6 Å². The number of nitrogens with zero attached hydrogens (tertiary/aromatic N) is 1. The van der Waals surface area contributed by atoms with E-state index in [4.69, 9.17) is 0 Å².